The first-order valence-corrected chi connectivity index (χ1v) is 6.13. The van der Waals surface area contributed by atoms with Crippen molar-refractivity contribution in [1.29, 1.82) is 0 Å². The van der Waals surface area contributed by atoms with Gasteiger partial charge in [-0.25, -0.2) is 0 Å². The SMILES string of the molecule is CCCC(=O)Cc1ccc(SC)cc1. The second kappa shape index (κ2) is 5.86. The molecule has 0 radical (unpaired) electrons. The highest BCUT2D eigenvalue weighted by atomic mass is 32.2. The molecule has 0 atom stereocenters. The van der Waals surface area contributed by atoms with E-state index < -0.39 is 0 Å². The number of benzene rings is 1. The first-order chi connectivity index (χ1) is 6.76. The van der Waals surface area contributed by atoms with Crippen molar-refractivity contribution in [3.05, 3.63) is 29.8 Å². The molecule has 0 saturated carbocycles. The lowest BCUT2D eigenvalue weighted by Crippen LogP contribution is -2.01. The molecule has 0 aliphatic carbocycles. The molecule has 76 valence electrons. The van der Waals surface area contributed by atoms with Crippen LogP contribution in [0.2, 0.25) is 0 Å². The molecule has 1 nitrogen and oxygen atoms in total. The van der Waals surface area contributed by atoms with Crippen molar-refractivity contribution in [2.75, 3.05) is 6.26 Å². The first kappa shape index (κ1) is 11.3. The fourth-order valence-corrected chi connectivity index (χ4v) is 1.75. The van der Waals surface area contributed by atoms with E-state index in [1.807, 2.05) is 19.1 Å². The van der Waals surface area contributed by atoms with Gasteiger partial charge in [0, 0.05) is 17.7 Å². The van der Waals surface area contributed by atoms with Gasteiger partial charge >= 0.3 is 0 Å². The lowest BCUT2D eigenvalue weighted by molar-refractivity contribution is -0.118. The molecule has 14 heavy (non-hydrogen) atoms. The summed E-state index contributed by atoms with van der Waals surface area (Å²) in [5.74, 6) is 0.337. The van der Waals surface area contributed by atoms with E-state index in [1.54, 1.807) is 11.8 Å². The third-order valence-electron chi connectivity index (χ3n) is 2.09. The molecule has 0 spiro atoms. The van der Waals surface area contributed by atoms with Crippen molar-refractivity contribution in [3.63, 3.8) is 0 Å². The van der Waals surface area contributed by atoms with Gasteiger partial charge in [-0.05, 0) is 30.4 Å². The molecule has 0 aliphatic heterocycles. The highest BCUT2D eigenvalue weighted by Gasteiger charge is 2.01. The van der Waals surface area contributed by atoms with Crippen molar-refractivity contribution in [3.8, 4) is 0 Å². The fraction of sp³-hybridized carbons (Fsp3) is 0.417. The Labute approximate surface area is 89.9 Å². The maximum absolute atomic E-state index is 11.4. The van der Waals surface area contributed by atoms with Gasteiger partial charge in [-0.1, -0.05) is 19.1 Å². The summed E-state index contributed by atoms with van der Waals surface area (Å²) in [5, 5.41) is 0. The minimum atomic E-state index is 0.337. The fourth-order valence-electron chi connectivity index (χ4n) is 1.34. The molecular formula is C12H16OS. The van der Waals surface area contributed by atoms with Gasteiger partial charge in [-0.3, -0.25) is 4.79 Å². The molecule has 0 bridgehead atoms. The van der Waals surface area contributed by atoms with Gasteiger partial charge in [0.05, 0.1) is 0 Å². The zero-order valence-electron chi connectivity index (χ0n) is 8.75. The van der Waals surface area contributed by atoms with E-state index in [2.05, 4.69) is 18.4 Å². The monoisotopic (exact) mass is 208 g/mol. The van der Waals surface area contributed by atoms with Crippen LogP contribution in [0.15, 0.2) is 29.2 Å². The van der Waals surface area contributed by atoms with Crippen molar-refractivity contribution in [2.24, 2.45) is 0 Å². The standard InChI is InChI=1S/C12H16OS/c1-3-4-11(13)9-10-5-7-12(14-2)8-6-10/h5-8H,3-4,9H2,1-2H3. The van der Waals surface area contributed by atoms with Crippen LogP contribution in [0.4, 0.5) is 0 Å². The van der Waals surface area contributed by atoms with Crippen molar-refractivity contribution >= 4 is 17.5 Å². The molecule has 0 amide bonds. The summed E-state index contributed by atoms with van der Waals surface area (Å²) >= 11 is 1.72. The number of rotatable bonds is 5. The van der Waals surface area contributed by atoms with Gasteiger partial charge in [-0.2, -0.15) is 0 Å². The Bertz CT molecular complexity index is 290. The second-order valence-electron chi connectivity index (χ2n) is 3.31. The van der Waals surface area contributed by atoms with Gasteiger partial charge < -0.3 is 0 Å². The number of thioether (sulfide) groups is 1. The normalized spacial score (nSPS) is 10.1. The lowest BCUT2D eigenvalue weighted by atomic mass is 10.1. The highest BCUT2D eigenvalue weighted by molar-refractivity contribution is 7.98. The zero-order valence-corrected chi connectivity index (χ0v) is 9.56. The summed E-state index contributed by atoms with van der Waals surface area (Å²) in [6.07, 6.45) is 4.28. The van der Waals surface area contributed by atoms with Gasteiger partial charge in [0.15, 0.2) is 0 Å². The second-order valence-corrected chi connectivity index (χ2v) is 4.19. The molecule has 0 saturated heterocycles. The van der Waals surface area contributed by atoms with Crippen LogP contribution >= 0.6 is 11.8 Å². The van der Waals surface area contributed by atoms with E-state index in [0.717, 1.165) is 12.0 Å². The summed E-state index contributed by atoms with van der Waals surface area (Å²) in [7, 11) is 0. The zero-order chi connectivity index (χ0) is 10.4. The predicted octanol–water partition coefficient (Wildman–Crippen LogP) is 3.32. The number of carbonyl (C=O) groups excluding carboxylic acids is 1. The molecule has 1 rings (SSSR count). The van der Waals surface area contributed by atoms with Gasteiger partial charge in [0.25, 0.3) is 0 Å². The van der Waals surface area contributed by atoms with Gasteiger partial charge in [0.1, 0.15) is 5.78 Å². The topological polar surface area (TPSA) is 17.1 Å². The number of carbonyl (C=O) groups is 1. The van der Waals surface area contributed by atoms with Gasteiger partial charge in [-0.15, -0.1) is 11.8 Å². The molecule has 1 aromatic carbocycles. The van der Waals surface area contributed by atoms with E-state index in [4.69, 9.17) is 0 Å². The Morgan fingerprint density at radius 2 is 1.93 bits per heavy atom. The third kappa shape index (κ3) is 3.54. The quantitative estimate of drug-likeness (QED) is 0.690. The van der Waals surface area contributed by atoms with Crippen LogP contribution in [0.5, 0.6) is 0 Å². The molecular weight excluding hydrogens is 192 g/mol. The van der Waals surface area contributed by atoms with Crippen LogP contribution < -0.4 is 0 Å². The predicted molar refractivity (Wildman–Crippen MR) is 61.8 cm³/mol. The first-order valence-electron chi connectivity index (χ1n) is 4.91. The smallest absolute Gasteiger partial charge is 0.137 e. The third-order valence-corrected chi connectivity index (χ3v) is 2.83. The summed E-state index contributed by atoms with van der Waals surface area (Å²) in [5.41, 5.74) is 1.13. The summed E-state index contributed by atoms with van der Waals surface area (Å²) in [6, 6.07) is 8.22. The number of ketones is 1. The Kier molecular flexibility index (Phi) is 4.74. The Balaban J connectivity index is 2.55. The average Bonchev–Trinajstić information content (AvgIpc) is 2.19. The molecule has 0 aliphatic rings. The molecule has 0 N–H and O–H groups in total. The number of hydrogen-bond donors (Lipinski definition) is 0. The van der Waals surface area contributed by atoms with Crippen LogP contribution in [-0.2, 0) is 11.2 Å². The van der Waals surface area contributed by atoms with E-state index in [-0.39, 0.29) is 0 Å². The van der Waals surface area contributed by atoms with E-state index in [0.29, 0.717) is 18.6 Å². The molecule has 0 aromatic heterocycles. The number of hydrogen-bond acceptors (Lipinski definition) is 2. The van der Waals surface area contributed by atoms with E-state index in [1.165, 1.54) is 4.90 Å². The van der Waals surface area contributed by atoms with Crippen LogP contribution in [0.25, 0.3) is 0 Å². The average molecular weight is 208 g/mol. The highest BCUT2D eigenvalue weighted by Crippen LogP contribution is 2.15. The van der Waals surface area contributed by atoms with Crippen molar-refractivity contribution < 1.29 is 4.79 Å². The van der Waals surface area contributed by atoms with Gasteiger partial charge in [0.2, 0.25) is 0 Å². The molecule has 0 fully saturated rings. The van der Waals surface area contributed by atoms with Crippen LogP contribution in [0.3, 0.4) is 0 Å². The largest absolute Gasteiger partial charge is 0.299 e. The Morgan fingerprint density at radius 1 is 1.29 bits per heavy atom. The summed E-state index contributed by atoms with van der Waals surface area (Å²) in [6.45, 7) is 2.04. The maximum Gasteiger partial charge on any atom is 0.137 e. The van der Waals surface area contributed by atoms with E-state index >= 15 is 0 Å². The lowest BCUT2D eigenvalue weighted by Gasteiger charge is -2.01. The van der Waals surface area contributed by atoms with Crippen LogP contribution in [0.1, 0.15) is 25.3 Å². The molecule has 0 heterocycles. The number of Topliss-reactive ketones (excluding diaryl/α,β-unsaturated/α-hetero) is 1. The van der Waals surface area contributed by atoms with E-state index in [9.17, 15) is 4.79 Å². The maximum atomic E-state index is 11.4. The minimum absolute atomic E-state index is 0.337. The molecule has 2 heteroatoms. The van der Waals surface area contributed by atoms with Crippen molar-refractivity contribution in [2.45, 2.75) is 31.1 Å². The molecule has 0 unspecified atom stereocenters. The summed E-state index contributed by atoms with van der Waals surface area (Å²) < 4.78 is 0. The summed E-state index contributed by atoms with van der Waals surface area (Å²) in [4.78, 5) is 12.6. The minimum Gasteiger partial charge on any atom is -0.299 e. The van der Waals surface area contributed by atoms with Crippen LogP contribution in [0, 0.1) is 0 Å². The Morgan fingerprint density at radius 3 is 2.43 bits per heavy atom. The van der Waals surface area contributed by atoms with Crippen LogP contribution in [-0.4, -0.2) is 12.0 Å². The van der Waals surface area contributed by atoms with Crippen molar-refractivity contribution in [1.82, 2.24) is 0 Å². The molecule has 1 aromatic rings. The Hall–Kier alpha value is -0.760.